The molecule has 0 aliphatic rings. The van der Waals surface area contributed by atoms with Crippen molar-refractivity contribution < 1.29 is 4.43 Å². The zero-order valence-corrected chi connectivity index (χ0v) is 13.4. The van der Waals surface area contributed by atoms with Gasteiger partial charge in [0.1, 0.15) is 0 Å². The third-order valence-corrected chi connectivity index (χ3v) is 7.51. The molecule has 0 heterocycles. The van der Waals surface area contributed by atoms with Gasteiger partial charge >= 0.3 is 7.63 Å². The molecule has 0 saturated carbocycles. The van der Waals surface area contributed by atoms with Gasteiger partial charge in [0, 0.05) is 6.61 Å². The Morgan fingerprint density at radius 1 is 1.00 bits per heavy atom. The molecule has 0 aliphatic heterocycles. The first-order valence-corrected chi connectivity index (χ1v) is 9.63. The standard InChI is InChI=1S/C17H19ClOSi/c1-15(2)13-14-19-20(18,16-9-5-3-6-10-16)17-11-7-4-8-12-17/h3-12H,1,13-14H2,2H3. The molecular weight excluding hydrogens is 284 g/mol. The number of hydrogen-bond donors (Lipinski definition) is 0. The summed E-state index contributed by atoms with van der Waals surface area (Å²) in [6, 6.07) is 20.2. The van der Waals surface area contributed by atoms with Crippen LogP contribution < -0.4 is 10.4 Å². The monoisotopic (exact) mass is 302 g/mol. The summed E-state index contributed by atoms with van der Waals surface area (Å²) in [6.07, 6.45) is 0.834. The summed E-state index contributed by atoms with van der Waals surface area (Å²) in [4.78, 5) is 0. The van der Waals surface area contributed by atoms with Crippen molar-refractivity contribution in [1.29, 1.82) is 0 Å². The average Bonchev–Trinajstić information content (AvgIpc) is 2.48. The van der Waals surface area contributed by atoms with E-state index in [0.29, 0.717) is 6.61 Å². The highest BCUT2D eigenvalue weighted by Gasteiger charge is 2.37. The van der Waals surface area contributed by atoms with Gasteiger partial charge < -0.3 is 4.43 Å². The summed E-state index contributed by atoms with van der Waals surface area (Å²) in [5.74, 6) is 0. The van der Waals surface area contributed by atoms with Crippen LogP contribution in [0.2, 0.25) is 0 Å². The Hall–Kier alpha value is -1.35. The summed E-state index contributed by atoms with van der Waals surface area (Å²) in [5.41, 5.74) is 1.11. The van der Waals surface area contributed by atoms with Crippen LogP contribution >= 0.6 is 11.1 Å². The minimum Gasteiger partial charge on any atom is -0.396 e. The van der Waals surface area contributed by atoms with Gasteiger partial charge in [-0.3, -0.25) is 0 Å². The molecule has 0 fully saturated rings. The van der Waals surface area contributed by atoms with Crippen molar-refractivity contribution in [1.82, 2.24) is 0 Å². The molecule has 1 nitrogen and oxygen atoms in total. The molecule has 0 unspecified atom stereocenters. The van der Waals surface area contributed by atoms with Crippen LogP contribution in [0.4, 0.5) is 0 Å². The second-order valence-corrected chi connectivity index (χ2v) is 9.11. The minimum atomic E-state index is -2.64. The lowest BCUT2D eigenvalue weighted by Crippen LogP contribution is -2.56. The van der Waals surface area contributed by atoms with E-state index in [4.69, 9.17) is 15.5 Å². The molecule has 0 aliphatic carbocycles. The van der Waals surface area contributed by atoms with Crippen molar-refractivity contribution >= 4 is 29.1 Å². The maximum atomic E-state index is 6.96. The van der Waals surface area contributed by atoms with Crippen LogP contribution in [0.25, 0.3) is 0 Å². The van der Waals surface area contributed by atoms with E-state index in [-0.39, 0.29) is 0 Å². The minimum absolute atomic E-state index is 0.606. The van der Waals surface area contributed by atoms with E-state index in [1.807, 2.05) is 67.6 Å². The van der Waals surface area contributed by atoms with Crippen LogP contribution in [-0.4, -0.2) is 14.2 Å². The predicted molar refractivity (Wildman–Crippen MR) is 89.1 cm³/mol. The van der Waals surface area contributed by atoms with Gasteiger partial charge in [0.2, 0.25) is 0 Å². The van der Waals surface area contributed by atoms with Gasteiger partial charge in [-0.05, 0) is 23.7 Å². The maximum Gasteiger partial charge on any atom is 0.355 e. The molecule has 3 heteroatoms. The zero-order valence-electron chi connectivity index (χ0n) is 11.7. The van der Waals surface area contributed by atoms with Crippen molar-refractivity contribution in [3.63, 3.8) is 0 Å². The van der Waals surface area contributed by atoms with Gasteiger partial charge in [-0.15, -0.1) is 17.7 Å². The lowest BCUT2D eigenvalue weighted by Gasteiger charge is -2.25. The third kappa shape index (κ3) is 3.60. The fraction of sp³-hybridized carbons (Fsp3) is 0.176. The normalized spacial score (nSPS) is 11.3. The van der Waals surface area contributed by atoms with Crippen LogP contribution in [0.5, 0.6) is 0 Å². The average molecular weight is 303 g/mol. The molecular formula is C17H19ClOSi. The lowest BCUT2D eigenvalue weighted by molar-refractivity contribution is 0.332. The number of hydrogen-bond acceptors (Lipinski definition) is 1. The molecule has 0 aromatic heterocycles. The summed E-state index contributed by atoms with van der Waals surface area (Å²) >= 11 is 6.96. The Bertz CT molecular complexity index is 514. The molecule has 0 bridgehead atoms. The molecule has 20 heavy (non-hydrogen) atoms. The molecule has 0 amide bonds. The largest absolute Gasteiger partial charge is 0.396 e. The van der Waals surface area contributed by atoms with E-state index in [1.165, 1.54) is 0 Å². The molecule has 2 aromatic rings. The van der Waals surface area contributed by atoms with E-state index in [2.05, 4.69) is 6.58 Å². The molecule has 0 spiro atoms. The third-order valence-electron chi connectivity index (χ3n) is 3.12. The van der Waals surface area contributed by atoms with E-state index < -0.39 is 7.63 Å². The highest BCUT2D eigenvalue weighted by Crippen LogP contribution is 2.14. The molecule has 2 rings (SSSR count). The quantitative estimate of drug-likeness (QED) is 0.451. The highest BCUT2D eigenvalue weighted by atomic mass is 35.6. The van der Waals surface area contributed by atoms with Crippen molar-refractivity contribution in [2.45, 2.75) is 13.3 Å². The van der Waals surface area contributed by atoms with Crippen molar-refractivity contribution in [2.24, 2.45) is 0 Å². The van der Waals surface area contributed by atoms with Crippen LogP contribution in [0.3, 0.4) is 0 Å². The topological polar surface area (TPSA) is 9.23 Å². The Labute approximate surface area is 126 Å². The summed E-state index contributed by atoms with van der Waals surface area (Å²) in [6.45, 7) is 6.52. The van der Waals surface area contributed by atoms with Gasteiger partial charge in [0.15, 0.2) is 0 Å². The smallest absolute Gasteiger partial charge is 0.355 e. The Morgan fingerprint density at radius 2 is 1.45 bits per heavy atom. The van der Waals surface area contributed by atoms with E-state index in [9.17, 15) is 0 Å². The molecule has 0 radical (unpaired) electrons. The molecule has 0 N–H and O–H groups in total. The van der Waals surface area contributed by atoms with Crippen molar-refractivity contribution in [2.75, 3.05) is 6.61 Å². The van der Waals surface area contributed by atoms with Gasteiger partial charge in [0.05, 0.1) is 0 Å². The van der Waals surface area contributed by atoms with E-state index in [1.54, 1.807) is 0 Å². The second-order valence-electron chi connectivity index (χ2n) is 4.88. The van der Waals surface area contributed by atoms with Crippen molar-refractivity contribution in [3.8, 4) is 0 Å². The fourth-order valence-corrected chi connectivity index (χ4v) is 5.28. The molecule has 2 aromatic carbocycles. The van der Waals surface area contributed by atoms with Crippen molar-refractivity contribution in [3.05, 3.63) is 72.8 Å². The van der Waals surface area contributed by atoms with Crippen LogP contribution in [0.15, 0.2) is 72.8 Å². The Morgan fingerprint density at radius 3 is 1.85 bits per heavy atom. The lowest BCUT2D eigenvalue weighted by atomic mass is 10.3. The molecule has 0 atom stereocenters. The summed E-state index contributed by atoms with van der Waals surface area (Å²) < 4.78 is 6.16. The van der Waals surface area contributed by atoms with Crippen LogP contribution in [0, 0.1) is 0 Å². The summed E-state index contributed by atoms with van der Waals surface area (Å²) in [5, 5.41) is 2.16. The first-order valence-electron chi connectivity index (χ1n) is 6.71. The predicted octanol–water partition coefficient (Wildman–Crippen LogP) is 3.46. The fourth-order valence-electron chi connectivity index (χ4n) is 2.00. The van der Waals surface area contributed by atoms with Gasteiger partial charge in [-0.25, -0.2) is 0 Å². The van der Waals surface area contributed by atoms with Gasteiger partial charge in [-0.1, -0.05) is 66.2 Å². The Kier molecular flexibility index (Phi) is 5.18. The highest BCUT2D eigenvalue weighted by molar-refractivity contribution is 7.30. The number of benzene rings is 2. The van der Waals surface area contributed by atoms with Crippen LogP contribution in [0.1, 0.15) is 13.3 Å². The summed E-state index contributed by atoms with van der Waals surface area (Å²) in [7, 11) is -2.64. The molecule has 104 valence electrons. The Balaban J connectivity index is 2.31. The first kappa shape index (κ1) is 15.0. The van der Waals surface area contributed by atoms with E-state index in [0.717, 1.165) is 22.4 Å². The maximum absolute atomic E-state index is 6.96. The zero-order chi connectivity index (χ0) is 14.4. The number of rotatable bonds is 6. The van der Waals surface area contributed by atoms with Gasteiger partial charge in [0.25, 0.3) is 0 Å². The SMILES string of the molecule is C=C(C)CCO[Si](Cl)(c1ccccc1)c1ccccc1. The van der Waals surface area contributed by atoms with E-state index >= 15 is 0 Å². The molecule has 0 saturated heterocycles. The van der Waals surface area contributed by atoms with Gasteiger partial charge in [-0.2, -0.15) is 0 Å². The second kappa shape index (κ2) is 6.89. The first-order chi connectivity index (χ1) is 9.63. The number of halogens is 1. The van der Waals surface area contributed by atoms with Crippen LogP contribution in [-0.2, 0) is 4.43 Å².